The number of carbonyl (C=O) groups excluding carboxylic acids is 1. The van der Waals surface area contributed by atoms with Gasteiger partial charge in [0.15, 0.2) is 17.3 Å². The maximum Gasteiger partial charge on any atom is 0.203 e. The van der Waals surface area contributed by atoms with E-state index in [1.54, 1.807) is 24.5 Å². The van der Waals surface area contributed by atoms with Crippen molar-refractivity contribution in [3.63, 3.8) is 0 Å². The number of hydrogen-bond donors (Lipinski definition) is 2. The molecular formula is C18H21N3O4. The van der Waals surface area contributed by atoms with Gasteiger partial charge >= 0.3 is 0 Å². The first-order chi connectivity index (χ1) is 12.2. The number of methoxy groups -OCH3 is 3. The molecule has 1 aromatic heterocycles. The zero-order valence-electron chi connectivity index (χ0n) is 14.4. The Bertz CT molecular complexity index is 726. The number of carbonyl (C=O) groups is 1. The van der Waals surface area contributed by atoms with Crippen LogP contribution in [0, 0.1) is 0 Å². The van der Waals surface area contributed by atoms with Crippen LogP contribution in [0.3, 0.4) is 0 Å². The van der Waals surface area contributed by atoms with Gasteiger partial charge in [0.2, 0.25) is 5.75 Å². The van der Waals surface area contributed by atoms with Gasteiger partial charge in [-0.2, -0.15) is 0 Å². The molecule has 2 heterocycles. The van der Waals surface area contributed by atoms with E-state index in [1.165, 1.54) is 21.3 Å². The summed E-state index contributed by atoms with van der Waals surface area (Å²) in [6.07, 6.45) is 3.37. The summed E-state index contributed by atoms with van der Waals surface area (Å²) in [5.41, 5.74) is 1.54. The average Bonchev–Trinajstić information content (AvgIpc) is 3.17. The number of Topliss-reactive ketones (excluding diaryl/α,β-unsaturated/α-hetero) is 1. The third-order valence-corrected chi connectivity index (χ3v) is 4.20. The second kappa shape index (κ2) is 7.50. The molecule has 3 rings (SSSR count). The second-order valence-electron chi connectivity index (χ2n) is 5.62. The molecule has 25 heavy (non-hydrogen) atoms. The summed E-state index contributed by atoms with van der Waals surface area (Å²) in [6.45, 7) is 0.530. The van der Waals surface area contributed by atoms with Crippen molar-refractivity contribution in [1.29, 1.82) is 0 Å². The van der Waals surface area contributed by atoms with Crippen LogP contribution in [0.15, 0.2) is 36.7 Å². The van der Waals surface area contributed by atoms with Crippen LogP contribution in [-0.2, 0) is 0 Å². The SMILES string of the molecule is COc1cc(C(=O)C2CNC(c3ccncc3)N2)cc(OC)c1OC. The molecule has 2 N–H and O–H groups in total. The van der Waals surface area contributed by atoms with Crippen LogP contribution in [-0.4, -0.2) is 44.7 Å². The van der Waals surface area contributed by atoms with Gasteiger partial charge in [-0.05, 0) is 29.8 Å². The van der Waals surface area contributed by atoms with E-state index < -0.39 is 0 Å². The van der Waals surface area contributed by atoms with Crippen LogP contribution in [0.1, 0.15) is 22.1 Å². The summed E-state index contributed by atoms with van der Waals surface area (Å²) in [7, 11) is 4.59. The van der Waals surface area contributed by atoms with E-state index in [9.17, 15) is 4.79 Å². The van der Waals surface area contributed by atoms with Gasteiger partial charge in [-0.3, -0.25) is 20.4 Å². The molecule has 1 aliphatic rings. The number of ketones is 1. The first-order valence-corrected chi connectivity index (χ1v) is 7.91. The van der Waals surface area contributed by atoms with E-state index in [1.807, 2.05) is 12.1 Å². The van der Waals surface area contributed by atoms with Crippen molar-refractivity contribution in [3.8, 4) is 17.2 Å². The Labute approximate surface area is 146 Å². The number of aromatic nitrogens is 1. The van der Waals surface area contributed by atoms with Gasteiger partial charge in [0, 0.05) is 24.5 Å². The lowest BCUT2D eigenvalue weighted by Crippen LogP contribution is -2.34. The molecular weight excluding hydrogens is 322 g/mol. The number of hydrogen-bond acceptors (Lipinski definition) is 7. The zero-order valence-corrected chi connectivity index (χ0v) is 14.4. The number of nitrogens with one attached hydrogen (secondary N) is 2. The molecule has 1 aromatic carbocycles. The summed E-state index contributed by atoms with van der Waals surface area (Å²) in [6, 6.07) is 6.82. The highest BCUT2D eigenvalue weighted by Crippen LogP contribution is 2.38. The fourth-order valence-corrected chi connectivity index (χ4v) is 2.92. The first kappa shape index (κ1) is 17.2. The molecule has 7 heteroatoms. The van der Waals surface area contributed by atoms with Gasteiger partial charge in [0.25, 0.3) is 0 Å². The Balaban J connectivity index is 1.82. The number of ether oxygens (including phenoxy) is 3. The standard InChI is InChI=1S/C18H21N3O4/c1-23-14-8-12(9-15(24-2)17(14)25-3)16(22)13-10-20-18(21-13)11-4-6-19-7-5-11/h4-9,13,18,20-21H,10H2,1-3H3. The first-order valence-electron chi connectivity index (χ1n) is 7.91. The van der Waals surface area contributed by atoms with Gasteiger partial charge in [-0.25, -0.2) is 0 Å². The molecule has 2 atom stereocenters. The quantitative estimate of drug-likeness (QED) is 0.770. The number of rotatable bonds is 6. The van der Waals surface area contributed by atoms with Gasteiger partial charge in [-0.1, -0.05) is 0 Å². The summed E-state index contributed by atoms with van der Waals surface area (Å²) in [5.74, 6) is 1.35. The average molecular weight is 343 g/mol. The molecule has 1 fully saturated rings. The molecule has 1 saturated heterocycles. The highest BCUT2D eigenvalue weighted by molar-refractivity contribution is 6.01. The highest BCUT2D eigenvalue weighted by atomic mass is 16.5. The molecule has 2 aromatic rings. The number of benzene rings is 1. The van der Waals surface area contributed by atoms with E-state index in [4.69, 9.17) is 14.2 Å². The molecule has 132 valence electrons. The molecule has 2 unspecified atom stereocenters. The van der Waals surface area contributed by atoms with Crippen molar-refractivity contribution in [3.05, 3.63) is 47.8 Å². The lowest BCUT2D eigenvalue weighted by atomic mass is 10.0. The summed E-state index contributed by atoms with van der Waals surface area (Å²) in [4.78, 5) is 16.9. The van der Waals surface area contributed by atoms with E-state index in [0.29, 0.717) is 29.4 Å². The number of pyridine rings is 1. The topological polar surface area (TPSA) is 81.7 Å². The Morgan fingerprint density at radius 3 is 2.28 bits per heavy atom. The minimum absolute atomic E-state index is 0.0386. The van der Waals surface area contributed by atoms with Crippen molar-refractivity contribution in [1.82, 2.24) is 15.6 Å². The van der Waals surface area contributed by atoms with E-state index in [2.05, 4.69) is 15.6 Å². The van der Waals surface area contributed by atoms with Gasteiger partial charge in [0.05, 0.1) is 33.5 Å². The fraction of sp³-hybridized carbons (Fsp3) is 0.333. The predicted octanol–water partition coefficient (Wildman–Crippen LogP) is 1.55. The molecule has 0 saturated carbocycles. The van der Waals surface area contributed by atoms with E-state index in [0.717, 1.165) is 5.56 Å². The summed E-state index contributed by atoms with van der Waals surface area (Å²) in [5, 5.41) is 6.61. The minimum Gasteiger partial charge on any atom is -0.493 e. The molecule has 1 aliphatic heterocycles. The normalized spacial score (nSPS) is 19.5. The van der Waals surface area contributed by atoms with Crippen molar-refractivity contribution >= 4 is 5.78 Å². The number of nitrogens with zero attached hydrogens (tertiary/aromatic N) is 1. The van der Waals surface area contributed by atoms with Crippen LogP contribution >= 0.6 is 0 Å². The molecule has 7 nitrogen and oxygen atoms in total. The Morgan fingerprint density at radius 2 is 1.72 bits per heavy atom. The maximum absolute atomic E-state index is 12.9. The molecule has 0 aliphatic carbocycles. The maximum atomic E-state index is 12.9. The van der Waals surface area contributed by atoms with Crippen LogP contribution < -0.4 is 24.8 Å². The van der Waals surface area contributed by atoms with Crippen molar-refractivity contribution in [2.75, 3.05) is 27.9 Å². The summed E-state index contributed by atoms with van der Waals surface area (Å²) >= 11 is 0. The Kier molecular flexibility index (Phi) is 5.16. The van der Waals surface area contributed by atoms with Crippen molar-refractivity contribution < 1.29 is 19.0 Å². The summed E-state index contributed by atoms with van der Waals surface area (Å²) < 4.78 is 15.9. The molecule has 0 spiro atoms. The fourth-order valence-electron chi connectivity index (χ4n) is 2.92. The van der Waals surface area contributed by atoms with E-state index in [-0.39, 0.29) is 18.0 Å². The van der Waals surface area contributed by atoms with E-state index >= 15 is 0 Å². The Morgan fingerprint density at radius 1 is 1.08 bits per heavy atom. The minimum atomic E-state index is -0.346. The second-order valence-corrected chi connectivity index (χ2v) is 5.62. The lowest BCUT2D eigenvalue weighted by Gasteiger charge is -2.16. The Hall–Kier alpha value is -2.64. The predicted molar refractivity (Wildman–Crippen MR) is 92.3 cm³/mol. The zero-order chi connectivity index (χ0) is 17.8. The third-order valence-electron chi connectivity index (χ3n) is 4.20. The monoisotopic (exact) mass is 343 g/mol. The molecule has 0 bridgehead atoms. The largest absolute Gasteiger partial charge is 0.493 e. The van der Waals surface area contributed by atoms with Crippen LogP contribution in [0.2, 0.25) is 0 Å². The highest BCUT2D eigenvalue weighted by Gasteiger charge is 2.31. The van der Waals surface area contributed by atoms with Crippen LogP contribution in [0.5, 0.6) is 17.2 Å². The van der Waals surface area contributed by atoms with Gasteiger partial charge in [0.1, 0.15) is 0 Å². The van der Waals surface area contributed by atoms with Crippen molar-refractivity contribution in [2.45, 2.75) is 12.2 Å². The van der Waals surface area contributed by atoms with Gasteiger partial charge in [-0.15, -0.1) is 0 Å². The van der Waals surface area contributed by atoms with Gasteiger partial charge < -0.3 is 14.2 Å². The molecule has 0 radical (unpaired) electrons. The molecule has 0 amide bonds. The van der Waals surface area contributed by atoms with Crippen molar-refractivity contribution in [2.24, 2.45) is 0 Å². The van der Waals surface area contributed by atoms with Crippen LogP contribution in [0.4, 0.5) is 0 Å². The van der Waals surface area contributed by atoms with Crippen LogP contribution in [0.25, 0.3) is 0 Å². The lowest BCUT2D eigenvalue weighted by molar-refractivity contribution is 0.0954. The smallest absolute Gasteiger partial charge is 0.203 e. The third kappa shape index (κ3) is 3.42.